The van der Waals surface area contributed by atoms with Gasteiger partial charge in [-0.25, -0.2) is 0 Å². The molecule has 1 atom stereocenters. The number of benzene rings is 2. The third kappa shape index (κ3) is 1.77. The summed E-state index contributed by atoms with van der Waals surface area (Å²) >= 11 is 0. The lowest BCUT2D eigenvalue weighted by molar-refractivity contribution is 0.0756. The van der Waals surface area contributed by atoms with Gasteiger partial charge < -0.3 is 4.90 Å². The Bertz CT molecular complexity index is 714. The van der Waals surface area contributed by atoms with E-state index in [2.05, 4.69) is 13.0 Å². The highest BCUT2D eigenvalue weighted by Crippen LogP contribution is 2.37. The van der Waals surface area contributed by atoms with Crippen LogP contribution in [0.25, 0.3) is 10.8 Å². The molecule has 1 heterocycles. The van der Waals surface area contributed by atoms with Crippen molar-refractivity contribution in [1.29, 1.82) is 5.26 Å². The number of nitrogens with zero attached hydrogens (tertiary/aromatic N) is 2. The fourth-order valence-corrected chi connectivity index (χ4v) is 2.88. The van der Waals surface area contributed by atoms with Crippen molar-refractivity contribution in [1.82, 2.24) is 4.90 Å². The number of fused-ring (bicyclic) bond motifs is 3. The van der Waals surface area contributed by atoms with E-state index < -0.39 is 6.04 Å². The van der Waals surface area contributed by atoms with Gasteiger partial charge in [-0.15, -0.1) is 0 Å². The molecule has 0 bridgehead atoms. The lowest BCUT2D eigenvalue weighted by Crippen LogP contribution is -2.28. The van der Waals surface area contributed by atoms with Gasteiger partial charge in [0.1, 0.15) is 6.04 Å². The van der Waals surface area contributed by atoms with Crippen molar-refractivity contribution >= 4 is 16.7 Å². The second kappa shape index (κ2) is 4.97. The van der Waals surface area contributed by atoms with Gasteiger partial charge in [0.25, 0.3) is 5.91 Å². The molecule has 20 heavy (non-hydrogen) atoms. The minimum Gasteiger partial charge on any atom is -0.318 e. The Balaban J connectivity index is 2.16. The van der Waals surface area contributed by atoms with Crippen LogP contribution in [0.4, 0.5) is 0 Å². The third-order valence-corrected chi connectivity index (χ3v) is 3.92. The van der Waals surface area contributed by atoms with E-state index in [9.17, 15) is 10.1 Å². The van der Waals surface area contributed by atoms with E-state index in [0.717, 1.165) is 29.2 Å². The summed E-state index contributed by atoms with van der Waals surface area (Å²) < 4.78 is 0. The van der Waals surface area contributed by atoms with Crippen molar-refractivity contribution in [2.75, 3.05) is 6.54 Å². The van der Waals surface area contributed by atoms with Crippen LogP contribution in [-0.2, 0) is 0 Å². The lowest BCUT2D eigenvalue weighted by atomic mass is 9.98. The quantitative estimate of drug-likeness (QED) is 0.849. The van der Waals surface area contributed by atoms with Gasteiger partial charge in [0.15, 0.2) is 0 Å². The molecule has 3 rings (SSSR count). The molecule has 3 heteroatoms. The standard InChI is InChI=1S/C17H16N2O/c1-2-3-10-19-15(11-18)14-9-8-12-6-4-5-7-13(12)16(14)17(19)20/h4-9,15H,2-3,10H2,1H3. The summed E-state index contributed by atoms with van der Waals surface area (Å²) in [5, 5.41) is 11.4. The molecule has 0 aliphatic carbocycles. The first-order chi connectivity index (χ1) is 9.77. The number of amides is 1. The second-order valence-corrected chi connectivity index (χ2v) is 5.13. The van der Waals surface area contributed by atoms with E-state index >= 15 is 0 Å². The van der Waals surface area contributed by atoms with Crippen molar-refractivity contribution in [3.63, 3.8) is 0 Å². The van der Waals surface area contributed by atoms with E-state index in [4.69, 9.17) is 0 Å². The minimum atomic E-state index is -0.436. The van der Waals surface area contributed by atoms with Crippen LogP contribution >= 0.6 is 0 Å². The van der Waals surface area contributed by atoms with Crippen LogP contribution in [0, 0.1) is 11.3 Å². The predicted molar refractivity (Wildman–Crippen MR) is 78.2 cm³/mol. The third-order valence-electron chi connectivity index (χ3n) is 3.92. The summed E-state index contributed by atoms with van der Waals surface area (Å²) in [6.45, 7) is 2.74. The van der Waals surface area contributed by atoms with E-state index in [1.807, 2.05) is 36.4 Å². The molecule has 1 aliphatic rings. The Hall–Kier alpha value is -2.34. The summed E-state index contributed by atoms with van der Waals surface area (Å²) in [6.07, 6.45) is 1.94. The molecule has 1 aliphatic heterocycles. The molecule has 0 N–H and O–H groups in total. The maximum Gasteiger partial charge on any atom is 0.256 e. The zero-order valence-electron chi connectivity index (χ0n) is 11.5. The van der Waals surface area contributed by atoms with Crippen LogP contribution < -0.4 is 0 Å². The minimum absolute atomic E-state index is 0.00296. The number of rotatable bonds is 3. The molecular weight excluding hydrogens is 248 g/mol. The Morgan fingerprint density at radius 3 is 2.80 bits per heavy atom. The maximum absolute atomic E-state index is 12.7. The first kappa shape index (κ1) is 12.7. The van der Waals surface area contributed by atoms with Crippen molar-refractivity contribution in [2.45, 2.75) is 25.8 Å². The topological polar surface area (TPSA) is 44.1 Å². The van der Waals surface area contributed by atoms with Crippen LogP contribution in [0.1, 0.15) is 41.7 Å². The van der Waals surface area contributed by atoms with E-state index in [1.165, 1.54) is 0 Å². The lowest BCUT2D eigenvalue weighted by Gasteiger charge is -2.19. The van der Waals surface area contributed by atoms with Gasteiger partial charge in [-0.1, -0.05) is 49.7 Å². The summed E-state index contributed by atoms with van der Waals surface area (Å²) in [5.41, 5.74) is 1.57. The average molecular weight is 264 g/mol. The first-order valence-corrected chi connectivity index (χ1v) is 7.00. The van der Waals surface area contributed by atoms with Crippen molar-refractivity contribution in [3.8, 4) is 6.07 Å². The molecule has 1 unspecified atom stereocenters. The molecule has 0 spiro atoms. The molecule has 0 saturated carbocycles. The van der Waals surface area contributed by atoms with Gasteiger partial charge in [-0.2, -0.15) is 5.26 Å². The second-order valence-electron chi connectivity index (χ2n) is 5.13. The van der Waals surface area contributed by atoms with Crippen LogP contribution in [-0.4, -0.2) is 17.4 Å². The molecule has 100 valence electrons. The summed E-state index contributed by atoms with van der Waals surface area (Å²) in [5.74, 6) is -0.00296. The van der Waals surface area contributed by atoms with Gasteiger partial charge in [0.05, 0.1) is 11.6 Å². The zero-order chi connectivity index (χ0) is 14.1. The highest BCUT2D eigenvalue weighted by atomic mass is 16.2. The Morgan fingerprint density at radius 2 is 2.05 bits per heavy atom. The Labute approximate surface area is 118 Å². The molecule has 2 aromatic rings. The molecule has 2 aromatic carbocycles. The van der Waals surface area contributed by atoms with E-state index in [-0.39, 0.29) is 5.91 Å². The van der Waals surface area contributed by atoms with Gasteiger partial charge >= 0.3 is 0 Å². The molecule has 0 saturated heterocycles. The van der Waals surface area contributed by atoms with E-state index in [0.29, 0.717) is 12.1 Å². The maximum atomic E-state index is 12.7. The number of carbonyl (C=O) groups is 1. The normalized spacial score (nSPS) is 17.3. The number of nitriles is 1. The number of hydrogen-bond acceptors (Lipinski definition) is 2. The van der Waals surface area contributed by atoms with Crippen LogP contribution in [0.15, 0.2) is 36.4 Å². The van der Waals surface area contributed by atoms with Gasteiger partial charge in [0.2, 0.25) is 0 Å². The Kier molecular flexibility index (Phi) is 3.15. The molecule has 0 fully saturated rings. The molecule has 3 nitrogen and oxygen atoms in total. The summed E-state index contributed by atoms with van der Waals surface area (Å²) in [6, 6.07) is 13.6. The van der Waals surface area contributed by atoms with Gasteiger partial charge in [0, 0.05) is 12.1 Å². The summed E-state index contributed by atoms with van der Waals surface area (Å²) in [4.78, 5) is 14.4. The first-order valence-electron chi connectivity index (χ1n) is 7.00. The summed E-state index contributed by atoms with van der Waals surface area (Å²) in [7, 11) is 0. The average Bonchev–Trinajstić information content (AvgIpc) is 2.77. The molecule has 0 aromatic heterocycles. The monoisotopic (exact) mass is 264 g/mol. The highest BCUT2D eigenvalue weighted by Gasteiger charge is 2.37. The van der Waals surface area contributed by atoms with Gasteiger partial charge in [-0.3, -0.25) is 4.79 Å². The Morgan fingerprint density at radius 1 is 1.25 bits per heavy atom. The smallest absolute Gasteiger partial charge is 0.256 e. The highest BCUT2D eigenvalue weighted by molar-refractivity contribution is 6.11. The number of carbonyl (C=O) groups excluding carboxylic acids is 1. The molecular formula is C17H16N2O. The van der Waals surface area contributed by atoms with Crippen LogP contribution in [0.5, 0.6) is 0 Å². The van der Waals surface area contributed by atoms with E-state index in [1.54, 1.807) is 4.90 Å². The van der Waals surface area contributed by atoms with Gasteiger partial charge in [-0.05, 0) is 17.2 Å². The van der Waals surface area contributed by atoms with Crippen molar-refractivity contribution in [2.24, 2.45) is 0 Å². The SMILES string of the molecule is CCCCN1C(=O)c2c(ccc3ccccc23)C1C#N. The number of unbranched alkanes of at least 4 members (excludes halogenated alkanes) is 1. The van der Waals surface area contributed by atoms with Crippen LogP contribution in [0.3, 0.4) is 0 Å². The largest absolute Gasteiger partial charge is 0.318 e. The van der Waals surface area contributed by atoms with Crippen LogP contribution in [0.2, 0.25) is 0 Å². The number of hydrogen-bond donors (Lipinski definition) is 0. The fourth-order valence-electron chi connectivity index (χ4n) is 2.88. The zero-order valence-corrected chi connectivity index (χ0v) is 11.5. The predicted octanol–water partition coefficient (Wildman–Crippen LogP) is 3.66. The molecule has 1 amide bonds. The molecule has 0 radical (unpaired) electrons. The van der Waals surface area contributed by atoms with Crippen molar-refractivity contribution in [3.05, 3.63) is 47.5 Å². The van der Waals surface area contributed by atoms with Crippen molar-refractivity contribution < 1.29 is 4.79 Å². The fraction of sp³-hybridized carbons (Fsp3) is 0.294.